The van der Waals surface area contributed by atoms with Crippen LogP contribution in [0.3, 0.4) is 0 Å². The molecule has 16 heavy (non-hydrogen) atoms. The highest BCUT2D eigenvalue weighted by Gasteiger charge is 2.36. The highest BCUT2D eigenvalue weighted by Crippen LogP contribution is 2.18. The van der Waals surface area contributed by atoms with Crippen LogP contribution in [0.1, 0.15) is 39.0 Å². The minimum absolute atomic E-state index is 0.00305. The van der Waals surface area contributed by atoms with Gasteiger partial charge < -0.3 is 15.9 Å². The van der Waals surface area contributed by atoms with E-state index >= 15 is 0 Å². The van der Waals surface area contributed by atoms with Crippen LogP contribution in [0.2, 0.25) is 1.41 Å². The molecule has 0 saturated carbocycles. The maximum absolute atomic E-state index is 12.1. The van der Waals surface area contributed by atoms with E-state index in [9.17, 15) is 4.79 Å². The van der Waals surface area contributed by atoms with Gasteiger partial charge in [-0.15, -0.1) is 0 Å². The summed E-state index contributed by atoms with van der Waals surface area (Å²) in [6.07, 6.45) is 4.75. The Morgan fingerprint density at radius 2 is 2.19 bits per heavy atom. The van der Waals surface area contributed by atoms with Crippen molar-refractivity contribution in [3.8, 4) is 0 Å². The molecular formula is C12H25N3O. The molecule has 0 aromatic rings. The number of nitrogens with zero attached hydrogens (tertiary/aromatic N) is 1. The number of carbonyl (C=O) groups excluding carboxylic acids is 1. The Balaban J connectivity index is 2.40. The van der Waals surface area contributed by atoms with Crippen molar-refractivity contribution in [3.63, 3.8) is 0 Å². The zero-order chi connectivity index (χ0) is 12.7. The lowest BCUT2D eigenvalue weighted by Gasteiger charge is -2.36. The first kappa shape index (κ1) is 11.9. The van der Waals surface area contributed by atoms with Gasteiger partial charge in [0.15, 0.2) is 0 Å². The fraction of sp³-hybridized carbons (Fsp3) is 0.917. The highest BCUT2D eigenvalue weighted by molar-refractivity contribution is 5.86. The van der Waals surface area contributed by atoms with Gasteiger partial charge in [0.05, 0.1) is 5.54 Å². The lowest BCUT2D eigenvalue weighted by atomic mass is 9.88. The number of likely N-dealkylation sites (tertiary alicyclic amines) is 1. The Bertz CT molecular complexity index is 240. The Morgan fingerprint density at radius 1 is 1.50 bits per heavy atom. The molecule has 1 amide bonds. The van der Waals surface area contributed by atoms with Crippen LogP contribution < -0.4 is 11.0 Å². The minimum Gasteiger partial charge on any atom is -0.355 e. The Labute approximate surface area is 100 Å². The predicted octanol–water partition coefficient (Wildman–Crippen LogP) is 0.716. The Kier molecular flexibility index (Phi) is 4.60. The van der Waals surface area contributed by atoms with Crippen molar-refractivity contribution < 1.29 is 6.21 Å². The van der Waals surface area contributed by atoms with E-state index in [1.165, 1.54) is 0 Å². The quantitative estimate of drug-likeness (QED) is 0.659. The third kappa shape index (κ3) is 3.76. The summed E-state index contributed by atoms with van der Waals surface area (Å²) in [7, 11) is 2.05. The molecule has 1 heterocycles. The average molecular weight is 228 g/mol. The van der Waals surface area contributed by atoms with Crippen LogP contribution in [-0.2, 0) is 4.79 Å². The van der Waals surface area contributed by atoms with Crippen molar-refractivity contribution in [3.05, 3.63) is 0 Å². The van der Waals surface area contributed by atoms with Crippen LogP contribution in [-0.4, -0.2) is 43.0 Å². The molecular weight excluding hydrogens is 202 g/mol. The third-order valence-corrected chi connectivity index (χ3v) is 3.34. The van der Waals surface area contributed by atoms with Crippen LogP contribution in [0.15, 0.2) is 0 Å². The maximum atomic E-state index is 12.1. The molecule has 4 nitrogen and oxygen atoms in total. The summed E-state index contributed by atoms with van der Waals surface area (Å²) in [6, 6.07) is 0. The van der Waals surface area contributed by atoms with Crippen molar-refractivity contribution in [2.45, 2.75) is 44.6 Å². The lowest BCUT2D eigenvalue weighted by Crippen LogP contribution is -2.59. The second-order valence-corrected chi connectivity index (χ2v) is 4.85. The highest BCUT2D eigenvalue weighted by atomic mass is 16.2. The van der Waals surface area contributed by atoms with E-state index in [-0.39, 0.29) is 5.91 Å². The van der Waals surface area contributed by atoms with E-state index < -0.39 is 5.54 Å². The average Bonchev–Trinajstić information content (AvgIpc) is 2.36. The third-order valence-electron chi connectivity index (χ3n) is 3.34. The van der Waals surface area contributed by atoms with Gasteiger partial charge in [-0.3, -0.25) is 4.79 Å². The van der Waals surface area contributed by atoms with Crippen molar-refractivity contribution in [1.29, 1.82) is 0 Å². The molecule has 1 aliphatic heterocycles. The number of unbranched alkanes of at least 4 members (excludes halogenated alkanes) is 2. The second-order valence-electron chi connectivity index (χ2n) is 4.85. The van der Waals surface area contributed by atoms with Gasteiger partial charge in [0.2, 0.25) is 5.91 Å². The summed E-state index contributed by atoms with van der Waals surface area (Å²) < 4.78 is 7.43. The SMILES string of the molecule is [2H]NC1(C(=O)NCCCCC)CCN(C)CC1. The molecule has 0 unspecified atom stereocenters. The normalized spacial score (nSPS) is 21.5. The predicted molar refractivity (Wildman–Crippen MR) is 66.2 cm³/mol. The van der Waals surface area contributed by atoms with E-state index in [0.29, 0.717) is 12.8 Å². The molecule has 0 aromatic carbocycles. The first-order valence-corrected chi connectivity index (χ1v) is 6.30. The molecule has 4 heteroatoms. The Morgan fingerprint density at radius 3 is 2.75 bits per heavy atom. The zero-order valence-corrected chi connectivity index (χ0v) is 10.5. The number of amides is 1. The van der Waals surface area contributed by atoms with E-state index in [1.54, 1.807) is 0 Å². The fourth-order valence-corrected chi connectivity index (χ4v) is 1.97. The summed E-state index contributed by atoms with van der Waals surface area (Å²) in [5.74, 6) is -0.00305. The number of nitrogens with one attached hydrogen (secondary N) is 1. The standard InChI is InChI=1S/C12H25N3O/c1-3-4-5-8-14-11(16)12(13)6-9-15(2)10-7-12/h3-10,13H2,1-2H3,(H,14,16)/i/hD. The number of rotatable bonds is 6. The second kappa shape index (κ2) is 6.21. The van der Waals surface area contributed by atoms with Crippen LogP contribution in [0.5, 0.6) is 0 Å². The van der Waals surface area contributed by atoms with Gasteiger partial charge in [-0.05, 0) is 26.3 Å². The molecule has 0 aromatic heterocycles. The molecule has 1 rings (SSSR count). The molecule has 0 radical (unpaired) electrons. The summed E-state index contributed by atoms with van der Waals surface area (Å²) in [5, 5.41) is 2.95. The van der Waals surface area contributed by atoms with Crippen molar-refractivity contribution in [1.82, 2.24) is 10.2 Å². The molecule has 0 atom stereocenters. The number of carbonyl (C=O) groups is 1. The number of hydrogen-bond acceptors (Lipinski definition) is 3. The molecule has 1 saturated heterocycles. The number of nitrogens with two attached hydrogens (primary N) is 1. The van der Waals surface area contributed by atoms with E-state index in [4.69, 9.17) is 1.41 Å². The molecule has 94 valence electrons. The fourth-order valence-electron chi connectivity index (χ4n) is 1.97. The van der Waals surface area contributed by atoms with Gasteiger partial charge in [-0.1, -0.05) is 19.8 Å². The van der Waals surface area contributed by atoms with Crippen molar-refractivity contribution >= 4 is 5.91 Å². The first-order valence-electron chi connectivity index (χ1n) is 6.80. The summed E-state index contributed by atoms with van der Waals surface area (Å²) in [4.78, 5) is 14.3. The Hall–Kier alpha value is -0.610. The van der Waals surface area contributed by atoms with Gasteiger partial charge in [-0.2, -0.15) is 0 Å². The maximum Gasteiger partial charge on any atom is 0.240 e. The van der Waals surface area contributed by atoms with Crippen LogP contribution >= 0.6 is 0 Å². The smallest absolute Gasteiger partial charge is 0.240 e. The molecule has 0 aliphatic carbocycles. The summed E-state index contributed by atoms with van der Waals surface area (Å²) in [5.41, 5.74) is 1.82. The molecule has 3 N–H and O–H groups in total. The molecule has 1 fully saturated rings. The largest absolute Gasteiger partial charge is 0.355 e. The van der Waals surface area contributed by atoms with Crippen molar-refractivity contribution in [2.75, 3.05) is 26.7 Å². The van der Waals surface area contributed by atoms with E-state index in [0.717, 1.165) is 38.9 Å². The summed E-state index contributed by atoms with van der Waals surface area (Å²) >= 11 is 0. The molecule has 0 bridgehead atoms. The van der Waals surface area contributed by atoms with E-state index in [2.05, 4.69) is 22.9 Å². The van der Waals surface area contributed by atoms with Gasteiger partial charge >= 0.3 is 0 Å². The van der Waals surface area contributed by atoms with Crippen molar-refractivity contribution in [2.24, 2.45) is 5.73 Å². The minimum atomic E-state index is -0.668. The first-order chi connectivity index (χ1) is 8.14. The van der Waals surface area contributed by atoms with Gasteiger partial charge in [-0.25, -0.2) is 0 Å². The number of piperidine rings is 1. The van der Waals surface area contributed by atoms with Crippen LogP contribution in [0.4, 0.5) is 0 Å². The monoisotopic (exact) mass is 228 g/mol. The molecule has 1 aliphatic rings. The lowest BCUT2D eigenvalue weighted by molar-refractivity contribution is -0.127. The number of hydrogen-bond donors (Lipinski definition) is 2. The molecule has 0 spiro atoms. The van der Waals surface area contributed by atoms with Crippen LogP contribution in [0.25, 0.3) is 0 Å². The summed E-state index contributed by atoms with van der Waals surface area (Å²) in [6.45, 7) is 4.61. The van der Waals surface area contributed by atoms with Gasteiger partial charge in [0.1, 0.15) is 1.41 Å². The van der Waals surface area contributed by atoms with Crippen LogP contribution in [0, 0.1) is 0 Å². The van der Waals surface area contributed by atoms with Gasteiger partial charge in [0, 0.05) is 19.6 Å². The zero-order valence-electron chi connectivity index (χ0n) is 11.5. The topological polar surface area (TPSA) is 58.4 Å². The van der Waals surface area contributed by atoms with E-state index in [1.807, 2.05) is 7.05 Å². The van der Waals surface area contributed by atoms with Gasteiger partial charge in [0.25, 0.3) is 0 Å².